The lowest BCUT2D eigenvalue weighted by Crippen LogP contribution is -2.50. The largest absolute Gasteiger partial charge is 0.493 e. The zero-order valence-electron chi connectivity index (χ0n) is 20.4. The number of nitrogens with zero attached hydrogens (tertiary/aromatic N) is 1. The van der Waals surface area contributed by atoms with Gasteiger partial charge in [-0.3, -0.25) is 25.2 Å². The molecule has 2 aromatic carbocycles. The van der Waals surface area contributed by atoms with E-state index in [1.807, 2.05) is 44.2 Å². The van der Waals surface area contributed by atoms with E-state index >= 15 is 0 Å². The Morgan fingerprint density at radius 3 is 2.54 bits per heavy atom. The molecule has 1 aliphatic heterocycles. The van der Waals surface area contributed by atoms with Gasteiger partial charge in [0.1, 0.15) is 5.75 Å². The van der Waals surface area contributed by atoms with Gasteiger partial charge in [0.25, 0.3) is 5.91 Å². The molecule has 0 spiro atoms. The molecule has 1 unspecified atom stereocenters. The number of methoxy groups -OCH3 is 1. The van der Waals surface area contributed by atoms with E-state index in [1.54, 1.807) is 23.1 Å². The van der Waals surface area contributed by atoms with Crippen LogP contribution in [0.5, 0.6) is 17.2 Å². The van der Waals surface area contributed by atoms with Gasteiger partial charge in [-0.05, 0) is 57.0 Å². The fraction of sp³-hybridized carbons (Fsp3) is 0.423. The summed E-state index contributed by atoms with van der Waals surface area (Å²) in [5, 5.41) is 0. The number of likely N-dealkylation sites (tertiary alicyclic amines) is 1. The molecule has 1 fully saturated rings. The fourth-order valence-corrected chi connectivity index (χ4v) is 3.80. The predicted molar refractivity (Wildman–Crippen MR) is 130 cm³/mol. The van der Waals surface area contributed by atoms with Crippen molar-refractivity contribution in [2.24, 2.45) is 5.92 Å². The summed E-state index contributed by atoms with van der Waals surface area (Å²) in [6.45, 7) is 4.98. The van der Waals surface area contributed by atoms with Gasteiger partial charge in [0.2, 0.25) is 11.8 Å². The van der Waals surface area contributed by atoms with Gasteiger partial charge in [0.15, 0.2) is 11.5 Å². The molecule has 0 saturated carbocycles. The molecule has 0 aliphatic carbocycles. The number of para-hydroxylation sites is 1. The molecule has 1 heterocycles. The molecule has 1 saturated heterocycles. The minimum absolute atomic E-state index is 0.0406. The van der Waals surface area contributed by atoms with Crippen molar-refractivity contribution in [1.82, 2.24) is 15.8 Å². The monoisotopic (exact) mass is 483 g/mol. The summed E-state index contributed by atoms with van der Waals surface area (Å²) in [6.07, 6.45) is 1.55. The lowest BCUT2D eigenvalue weighted by atomic mass is 9.97. The summed E-state index contributed by atoms with van der Waals surface area (Å²) >= 11 is 0. The lowest BCUT2D eigenvalue weighted by molar-refractivity contribution is -0.136. The fourth-order valence-electron chi connectivity index (χ4n) is 3.80. The first-order chi connectivity index (χ1) is 16.9. The van der Waals surface area contributed by atoms with Crippen LogP contribution in [0.3, 0.4) is 0 Å². The molecule has 9 heteroatoms. The van der Waals surface area contributed by atoms with Gasteiger partial charge < -0.3 is 19.1 Å². The minimum Gasteiger partial charge on any atom is -0.493 e. The third kappa shape index (κ3) is 7.63. The third-order valence-electron chi connectivity index (χ3n) is 5.56. The number of amides is 3. The number of hydrogen-bond acceptors (Lipinski definition) is 6. The summed E-state index contributed by atoms with van der Waals surface area (Å²) in [7, 11) is 1.50. The molecule has 3 rings (SSSR count). The van der Waals surface area contributed by atoms with Crippen LogP contribution >= 0.6 is 0 Å². The molecule has 9 nitrogen and oxygen atoms in total. The number of nitrogens with one attached hydrogen (secondary N) is 2. The molecule has 1 aliphatic rings. The van der Waals surface area contributed by atoms with Gasteiger partial charge in [-0.2, -0.15) is 0 Å². The van der Waals surface area contributed by atoms with Crippen LogP contribution in [0.25, 0.3) is 0 Å². The van der Waals surface area contributed by atoms with Crippen LogP contribution in [-0.2, 0) is 9.59 Å². The smallest absolute Gasteiger partial charge is 0.269 e. The zero-order valence-corrected chi connectivity index (χ0v) is 20.4. The number of carbonyl (C=O) groups excluding carboxylic acids is 3. The molecular weight excluding hydrogens is 450 g/mol. The number of rotatable bonds is 9. The Bertz CT molecular complexity index is 1010. The average molecular weight is 484 g/mol. The highest BCUT2D eigenvalue weighted by molar-refractivity contribution is 5.96. The van der Waals surface area contributed by atoms with Gasteiger partial charge in [0.05, 0.1) is 32.2 Å². The zero-order chi connectivity index (χ0) is 25.2. The standard InChI is InChI=1S/C26H33N3O6/c1-18(2)35-22-12-11-19(16-23(22)33-3)25(31)27-28-26(32)20-8-7-14-29(17-20)24(30)13-15-34-21-9-5-4-6-10-21/h4-6,9-12,16,18,20H,7-8,13-15,17H2,1-3H3,(H,27,31)(H,28,32). The van der Waals surface area contributed by atoms with Crippen LogP contribution in [0.1, 0.15) is 43.5 Å². The van der Waals surface area contributed by atoms with Crippen molar-refractivity contribution in [1.29, 1.82) is 0 Å². The number of hydrogen-bond donors (Lipinski definition) is 2. The van der Waals surface area contributed by atoms with Crippen LogP contribution in [0, 0.1) is 5.92 Å². The number of hydrazine groups is 1. The topological polar surface area (TPSA) is 106 Å². The first-order valence-corrected chi connectivity index (χ1v) is 11.8. The second kappa shape index (κ2) is 12.6. The Morgan fingerprint density at radius 1 is 1.06 bits per heavy atom. The van der Waals surface area contributed by atoms with E-state index in [9.17, 15) is 14.4 Å². The molecule has 2 N–H and O–H groups in total. The van der Waals surface area contributed by atoms with Gasteiger partial charge in [0, 0.05) is 18.7 Å². The molecule has 0 aromatic heterocycles. The summed E-state index contributed by atoms with van der Waals surface area (Å²) in [6, 6.07) is 14.1. The summed E-state index contributed by atoms with van der Waals surface area (Å²) in [5.41, 5.74) is 5.25. The quantitative estimate of drug-likeness (QED) is 0.531. The molecule has 1 atom stereocenters. The second-order valence-electron chi connectivity index (χ2n) is 8.57. The molecule has 3 amide bonds. The Morgan fingerprint density at radius 2 is 1.83 bits per heavy atom. The molecular formula is C26H33N3O6. The average Bonchev–Trinajstić information content (AvgIpc) is 2.87. The minimum atomic E-state index is -0.477. The first kappa shape index (κ1) is 25.9. The Balaban J connectivity index is 1.47. The molecule has 188 valence electrons. The second-order valence-corrected chi connectivity index (χ2v) is 8.57. The number of benzene rings is 2. The van der Waals surface area contributed by atoms with E-state index < -0.39 is 11.8 Å². The first-order valence-electron chi connectivity index (χ1n) is 11.8. The highest BCUT2D eigenvalue weighted by Crippen LogP contribution is 2.29. The number of piperidine rings is 1. The van der Waals surface area contributed by atoms with Crippen LogP contribution in [-0.4, -0.2) is 55.5 Å². The van der Waals surface area contributed by atoms with Crippen molar-refractivity contribution in [3.63, 3.8) is 0 Å². The number of ether oxygens (including phenoxy) is 3. The Hall–Kier alpha value is -3.75. The van der Waals surface area contributed by atoms with Crippen molar-refractivity contribution in [3.05, 3.63) is 54.1 Å². The van der Waals surface area contributed by atoms with E-state index in [0.29, 0.717) is 48.7 Å². The highest BCUT2D eigenvalue weighted by Gasteiger charge is 2.28. The summed E-state index contributed by atoms with van der Waals surface area (Å²) < 4.78 is 16.6. The molecule has 2 aromatic rings. The maximum atomic E-state index is 12.7. The van der Waals surface area contributed by atoms with Crippen molar-refractivity contribution in [3.8, 4) is 17.2 Å². The maximum absolute atomic E-state index is 12.7. The molecule has 0 radical (unpaired) electrons. The van der Waals surface area contributed by atoms with E-state index in [2.05, 4.69) is 10.9 Å². The highest BCUT2D eigenvalue weighted by atomic mass is 16.5. The van der Waals surface area contributed by atoms with E-state index in [4.69, 9.17) is 14.2 Å². The van der Waals surface area contributed by atoms with Crippen LogP contribution in [0.15, 0.2) is 48.5 Å². The predicted octanol–water partition coefficient (Wildman–Crippen LogP) is 2.95. The van der Waals surface area contributed by atoms with Crippen LogP contribution in [0.2, 0.25) is 0 Å². The van der Waals surface area contributed by atoms with E-state index in [1.165, 1.54) is 7.11 Å². The van der Waals surface area contributed by atoms with Crippen molar-refractivity contribution < 1.29 is 28.6 Å². The Kier molecular flexibility index (Phi) is 9.34. The van der Waals surface area contributed by atoms with Crippen molar-refractivity contribution in [2.45, 2.75) is 39.2 Å². The Labute approximate surface area is 205 Å². The maximum Gasteiger partial charge on any atom is 0.269 e. The van der Waals surface area contributed by atoms with Crippen molar-refractivity contribution in [2.75, 3.05) is 26.8 Å². The van der Waals surface area contributed by atoms with Gasteiger partial charge in [-0.1, -0.05) is 18.2 Å². The van der Waals surface area contributed by atoms with Gasteiger partial charge in [-0.15, -0.1) is 0 Å². The number of carbonyl (C=O) groups is 3. The summed E-state index contributed by atoms with van der Waals surface area (Å²) in [4.78, 5) is 39.5. The lowest BCUT2D eigenvalue weighted by Gasteiger charge is -2.32. The normalized spacial score (nSPS) is 15.3. The van der Waals surface area contributed by atoms with E-state index in [0.717, 1.165) is 0 Å². The van der Waals surface area contributed by atoms with Gasteiger partial charge in [-0.25, -0.2) is 0 Å². The molecule has 0 bridgehead atoms. The SMILES string of the molecule is COc1cc(C(=O)NNC(=O)C2CCCN(C(=O)CCOc3ccccc3)C2)ccc1OC(C)C. The van der Waals surface area contributed by atoms with Gasteiger partial charge >= 0.3 is 0 Å². The third-order valence-corrected chi connectivity index (χ3v) is 5.56. The van der Waals surface area contributed by atoms with Crippen LogP contribution in [0.4, 0.5) is 0 Å². The van der Waals surface area contributed by atoms with Crippen LogP contribution < -0.4 is 25.1 Å². The summed E-state index contributed by atoms with van der Waals surface area (Å²) in [5.74, 6) is 0.404. The molecule has 35 heavy (non-hydrogen) atoms. The van der Waals surface area contributed by atoms with E-state index in [-0.39, 0.29) is 30.9 Å². The van der Waals surface area contributed by atoms with Crippen molar-refractivity contribution >= 4 is 17.7 Å².